The topological polar surface area (TPSA) is 46.2 Å². The van der Waals surface area contributed by atoms with E-state index in [2.05, 4.69) is 4.72 Å². The quantitative estimate of drug-likeness (QED) is 0.902. The monoisotopic (exact) mass is 281 g/mol. The highest BCUT2D eigenvalue weighted by atomic mass is 32.2. The first-order valence-corrected chi connectivity index (χ1v) is 7.76. The van der Waals surface area contributed by atoms with Gasteiger partial charge in [-0.3, -0.25) is 9.52 Å². The zero-order chi connectivity index (χ0) is 14.5. The molecule has 106 valence electrons. The van der Waals surface area contributed by atoms with Gasteiger partial charge in [0.15, 0.2) is 0 Å². The number of carbonyl (C=O) groups is 1. The van der Waals surface area contributed by atoms with Gasteiger partial charge in [0.2, 0.25) is 5.91 Å². The minimum absolute atomic E-state index is 0.125. The molecule has 0 saturated heterocycles. The van der Waals surface area contributed by atoms with E-state index in [1.165, 1.54) is 0 Å². The Kier molecular flexibility index (Phi) is 5.73. The molecule has 0 radical (unpaired) electrons. The number of carbonyl (C=O) groups excluding carboxylic acids is 1. The summed E-state index contributed by atoms with van der Waals surface area (Å²) in [5.41, 5.74) is 1.13. The van der Waals surface area contributed by atoms with Crippen LogP contribution >= 0.6 is 0 Å². The van der Waals surface area contributed by atoms with Gasteiger partial charge in [0.05, 0.1) is 4.75 Å². The van der Waals surface area contributed by atoms with Gasteiger partial charge in [-0.2, -0.15) is 0 Å². The van der Waals surface area contributed by atoms with Crippen LogP contribution in [0, 0.1) is 5.92 Å². The molecule has 0 aliphatic carbocycles. The molecule has 1 rings (SSSR count). The van der Waals surface area contributed by atoms with Crippen LogP contribution in [0.25, 0.3) is 0 Å². The van der Waals surface area contributed by atoms with E-state index in [9.17, 15) is 9.00 Å². The first kappa shape index (κ1) is 15.9. The number of hydrogen-bond acceptors (Lipinski definition) is 2. The molecule has 0 aliphatic heterocycles. The van der Waals surface area contributed by atoms with Crippen molar-refractivity contribution >= 4 is 16.9 Å². The van der Waals surface area contributed by atoms with Crippen molar-refractivity contribution in [2.45, 2.75) is 45.3 Å². The Labute approximate surface area is 118 Å². The van der Waals surface area contributed by atoms with E-state index in [-0.39, 0.29) is 11.8 Å². The minimum atomic E-state index is -1.35. The van der Waals surface area contributed by atoms with Gasteiger partial charge in [0.25, 0.3) is 0 Å². The third-order valence-corrected chi connectivity index (χ3v) is 4.44. The predicted molar refractivity (Wildman–Crippen MR) is 80.0 cm³/mol. The Hall–Kier alpha value is -1.16. The van der Waals surface area contributed by atoms with Crippen LogP contribution in [0.2, 0.25) is 0 Å². The average molecular weight is 281 g/mol. The highest BCUT2D eigenvalue weighted by molar-refractivity contribution is 7.85. The van der Waals surface area contributed by atoms with E-state index < -0.39 is 15.7 Å². The van der Waals surface area contributed by atoms with Gasteiger partial charge in [-0.05, 0) is 39.2 Å². The maximum absolute atomic E-state index is 12.1. The summed E-state index contributed by atoms with van der Waals surface area (Å²) < 4.78 is 14.1. The number of rotatable bonds is 5. The molecule has 0 aromatic heterocycles. The third-order valence-electron chi connectivity index (χ3n) is 2.94. The van der Waals surface area contributed by atoms with E-state index in [1.54, 1.807) is 0 Å². The van der Waals surface area contributed by atoms with Gasteiger partial charge >= 0.3 is 0 Å². The Balaban J connectivity index is 2.65. The lowest BCUT2D eigenvalue weighted by atomic mass is 9.96. The molecule has 0 bridgehead atoms. The van der Waals surface area contributed by atoms with E-state index in [1.807, 2.05) is 58.0 Å². The van der Waals surface area contributed by atoms with Crippen LogP contribution in [0.1, 0.15) is 39.7 Å². The summed E-state index contributed by atoms with van der Waals surface area (Å²) >= 11 is 0. The fraction of sp³-hybridized carbons (Fsp3) is 0.533. The maximum Gasteiger partial charge on any atom is 0.235 e. The second-order valence-electron chi connectivity index (χ2n) is 5.64. The summed E-state index contributed by atoms with van der Waals surface area (Å²) in [5.74, 6) is -0.256. The van der Waals surface area contributed by atoms with Crippen molar-refractivity contribution in [2.24, 2.45) is 5.92 Å². The lowest BCUT2D eigenvalue weighted by molar-refractivity contribution is -0.123. The van der Waals surface area contributed by atoms with Gasteiger partial charge in [-0.1, -0.05) is 37.3 Å². The zero-order valence-corrected chi connectivity index (χ0v) is 12.9. The van der Waals surface area contributed by atoms with Crippen molar-refractivity contribution in [2.75, 3.05) is 0 Å². The molecule has 19 heavy (non-hydrogen) atoms. The van der Waals surface area contributed by atoms with E-state index in [4.69, 9.17) is 0 Å². The van der Waals surface area contributed by atoms with Gasteiger partial charge in [-0.25, -0.2) is 4.21 Å². The first-order valence-electron chi connectivity index (χ1n) is 6.61. The number of amides is 1. The lowest BCUT2D eigenvalue weighted by Crippen LogP contribution is -2.40. The summed E-state index contributed by atoms with van der Waals surface area (Å²) in [6.07, 6.45) is 1.42. The molecule has 3 nitrogen and oxygen atoms in total. The molecule has 1 aromatic rings. The Morgan fingerprint density at radius 3 is 2.32 bits per heavy atom. The van der Waals surface area contributed by atoms with Crippen molar-refractivity contribution < 1.29 is 9.00 Å². The second kappa shape index (κ2) is 6.85. The highest BCUT2D eigenvalue weighted by Gasteiger charge is 2.25. The molecule has 1 amide bonds. The van der Waals surface area contributed by atoms with Gasteiger partial charge < -0.3 is 0 Å². The van der Waals surface area contributed by atoms with Crippen LogP contribution in [0.4, 0.5) is 0 Å². The normalized spacial score (nSPS) is 14.7. The summed E-state index contributed by atoms with van der Waals surface area (Å²) in [4.78, 5) is 12.1. The van der Waals surface area contributed by atoms with E-state index in [0.29, 0.717) is 6.42 Å². The van der Waals surface area contributed by atoms with Crippen molar-refractivity contribution in [1.82, 2.24) is 4.72 Å². The molecule has 2 atom stereocenters. The van der Waals surface area contributed by atoms with Crippen LogP contribution < -0.4 is 4.72 Å². The van der Waals surface area contributed by atoms with E-state index in [0.717, 1.165) is 12.0 Å². The van der Waals surface area contributed by atoms with Crippen LogP contribution in [0.15, 0.2) is 30.3 Å². The number of hydrogen-bond donors (Lipinski definition) is 1. The van der Waals surface area contributed by atoms with Gasteiger partial charge in [-0.15, -0.1) is 0 Å². The van der Waals surface area contributed by atoms with Crippen molar-refractivity contribution in [3.8, 4) is 0 Å². The molecule has 0 aliphatic rings. The first-order chi connectivity index (χ1) is 8.84. The molecule has 0 saturated carbocycles. The molecule has 0 spiro atoms. The number of nitrogens with one attached hydrogen (secondary N) is 1. The van der Waals surface area contributed by atoms with Crippen LogP contribution in [-0.4, -0.2) is 14.9 Å². The lowest BCUT2D eigenvalue weighted by Gasteiger charge is -2.21. The smallest absolute Gasteiger partial charge is 0.235 e. The SMILES string of the molecule is CC[C@@H](Cc1ccccc1)C(=O)NS(=O)C(C)(C)C. The standard InChI is InChI=1S/C15H23NO2S/c1-5-13(11-12-9-7-6-8-10-12)14(17)16-19(18)15(2,3)4/h6-10,13H,5,11H2,1-4H3,(H,16,17)/t13-,19?/m0/s1. The van der Waals surface area contributed by atoms with Gasteiger partial charge in [0, 0.05) is 5.92 Å². The summed E-state index contributed by atoms with van der Waals surface area (Å²) in [6.45, 7) is 7.53. The number of benzene rings is 1. The zero-order valence-electron chi connectivity index (χ0n) is 12.1. The fourth-order valence-corrected chi connectivity index (χ4v) is 2.30. The van der Waals surface area contributed by atoms with E-state index >= 15 is 0 Å². The molecule has 4 heteroatoms. The third kappa shape index (κ3) is 5.15. The molecule has 0 heterocycles. The highest BCUT2D eigenvalue weighted by Crippen LogP contribution is 2.14. The van der Waals surface area contributed by atoms with Crippen molar-refractivity contribution in [3.63, 3.8) is 0 Å². The molecular weight excluding hydrogens is 258 g/mol. The summed E-state index contributed by atoms with van der Waals surface area (Å²) in [6, 6.07) is 9.91. The molecule has 1 aromatic carbocycles. The van der Waals surface area contributed by atoms with Crippen LogP contribution in [0.3, 0.4) is 0 Å². The van der Waals surface area contributed by atoms with Gasteiger partial charge in [0.1, 0.15) is 11.0 Å². The molecular formula is C15H23NO2S. The largest absolute Gasteiger partial charge is 0.274 e. The molecule has 1 N–H and O–H groups in total. The second-order valence-corrected chi connectivity index (χ2v) is 7.61. The predicted octanol–water partition coefficient (Wildman–Crippen LogP) is 2.83. The Morgan fingerprint density at radius 2 is 1.84 bits per heavy atom. The maximum atomic E-state index is 12.1. The molecule has 1 unspecified atom stereocenters. The molecule has 0 fully saturated rings. The average Bonchev–Trinajstić information content (AvgIpc) is 2.35. The van der Waals surface area contributed by atoms with Crippen LogP contribution in [0.5, 0.6) is 0 Å². The van der Waals surface area contributed by atoms with Crippen LogP contribution in [-0.2, 0) is 22.2 Å². The van der Waals surface area contributed by atoms with Crippen molar-refractivity contribution in [1.29, 1.82) is 0 Å². The Morgan fingerprint density at radius 1 is 1.26 bits per heavy atom. The van der Waals surface area contributed by atoms with Crippen molar-refractivity contribution in [3.05, 3.63) is 35.9 Å². The summed E-state index contributed by atoms with van der Waals surface area (Å²) in [5, 5.41) is 0. The minimum Gasteiger partial charge on any atom is -0.274 e. The summed E-state index contributed by atoms with van der Waals surface area (Å²) in [7, 11) is -1.35. The fourth-order valence-electron chi connectivity index (χ4n) is 1.65. The Bertz CT molecular complexity index is 437.